The first-order chi connectivity index (χ1) is 9.20. The van der Waals surface area contributed by atoms with E-state index < -0.39 is 0 Å². The molecule has 2 aromatic rings. The second-order valence-electron chi connectivity index (χ2n) is 5.02. The molecule has 3 rings (SSSR count). The smallest absolute Gasteiger partial charge is 0.224 e. The number of nitrogens with zero attached hydrogens (tertiary/aromatic N) is 2. The largest absolute Gasteiger partial charge is 0.367 e. The Morgan fingerprint density at radius 2 is 2.00 bits per heavy atom. The summed E-state index contributed by atoms with van der Waals surface area (Å²) in [6, 6.07) is 11.0. The van der Waals surface area contributed by atoms with E-state index in [0.29, 0.717) is 11.3 Å². The van der Waals surface area contributed by atoms with E-state index in [4.69, 9.17) is 11.6 Å². The minimum absolute atomic E-state index is 0.304. The number of benzene rings is 1. The molecule has 1 aliphatic carbocycles. The molecule has 1 aromatic carbocycles. The number of halogens is 1. The van der Waals surface area contributed by atoms with Crippen molar-refractivity contribution in [2.24, 2.45) is 0 Å². The van der Waals surface area contributed by atoms with Gasteiger partial charge in [-0.05, 0) is 48.9 Å². The van der Waals surface area contributed by atoms with Crippen molar-refractivity contribution in [3.63, 3.8) is 0 Å². The lowest BCUT2D eigenvalue weighted by Gasteiger charge is -2.26. The maximum Gasteiger partial charge on any atom is 0.224 e. The predicted molar refractivity (Wildman–Crippen MR) is 77.7 cm³/mol. The lowest BCUT2D eigenvalue weighted by Crippen LogP contribution is -2.27. The molecule has 3 nitrogen and oxygen atoms in total. The number of fused-ring (bicyclic) bond motifs is 1. The Morgan fingerprint density at radius 3 is 2.79 bits per heavy atom. The first kappa shape index (κ1) is 12.4. The second kappa shape index (κ2) is 5.17. The maximum atomic E-state index is 5.89. The standard InChI is InChI=1S/C15H16ClN3/c1-10-8-14(19-15(16)17-10)18-13-7-6-11-4-2-3-5-12(11)9-13/h2-5,8,13H,6-7,9H2,1H3,(H,17,18,19). The van der Waals surface area contributed by atoms with E-state index in [1.807, 2.05) is 13.0 Å². The van der Waals surface area contributed by atoms with Crippen molar-refractivity contribution in [2.75, 3.05) is 5.32 Å². The molecule has 4 heteroatoms. The van der Waals surface area contributed by atoms with Gasteiger partial charge < -0.3 is 5.32 Å². The molecule has 1 N–H and O–H groups in total. The Labute approximate surface area is 118 Å². The molecular formula is C15H16ClN3. The summed E-state index contributed by atoms with van der Waals surface area (Å²) in [4.78, 5) is 8.30. The van der Waals surface area contributed by atoms with Gasteiger partial charge in [0.2, 0.25) is 5.28 Å². The van der Waals surface area contributed by atoms with Gasteiger partial charge in [-0.25, -0.2) is 9.97 Å². The zero-order valence-corrected chi connectivity index (χ0v) is 11.6. The first-order valence-electron chi connectivity index (χ1n) is 6.55. The van der Waals surface area contributed by atoms with Crippen molar-refractivity contribution >= 4 is 17.4 Å². The Balaban J connectivity index is 1.75. The summed E-state index contributed by atoms with van der Waals surface area (Å²) in [5, 5.41) is 3.77. The molecular weight excluding hydrogens is 258 g/mol. The first-order valence-corrected chi connectivity index (χ1v) is 6.93. The van der Waals surface area contributed by atoms with Gasteiger partial charge in [-0.15, -0.1) is 0 Å². The number of hydrogen-bond donors (Lipinski definition) is 1. The van der Waals surface area contributed by atoms with E-state index in [-0.39, 0.29) is 0 Å². The molecule has 0 bridgehead atoms. The van der Waals surface area contributed by atoms with Crippen molar-refractivity contribution in [2.45, 2.75) is 32.2 Å². The fourth-order valence-electron chi connectivity index (χ4n) is 2.64. The summed E-state index contributed by atoms with van der Waals surface area (Å²) in [6.07, 6.45) is 3.28. The van der Waals surface area contributed by atoms with E-state index in [2.05, 4.69) is 39.6 Å². The number of rotatable bonds is 2. The molecule has 0 amide bonds. The van der Waals surface area contributed by atoms with Gasteiger partial charge in [0.1, 0.15) is 5.82 Å². The Bertz CT molecular complexity index is 577. The SMILES string of the molecule is Cc1cc(NC2CCc3ccccc3C2)nc(Cl)n1. The second-order valence-corrected chi connectivity index (χ2v) is 5.35. The molecule has 0 radical (unpaired) electrons. The van der Waals surface area contributed by atoms with Gasteiger partial charge >= 0.3 is 0 Å². The van der Waals surface area contributed by atoms with Crippen LogP contribution in [0.3, 0.4) is 0 Å². The zero-order valence-electron chi connectivity index (χ0n) is 10.9. The van der Waals surface area contributed by atoms with Crippen molar-refractivity contribution in [1.29, 1.82) is 0 Å². The Hall–Kier alpha value is -1.61. The highest BCUT2D eigenvalue weighted by atomic mass is 35.5. The highest BCUT2D eigenvalue weighted by Crippen LogP contribution is 2.23. The molecule has 1 atom stereocenters. The molecule has 0 aliphatic heterocycles. The monoisotopic (exact) mass is 273 g/mol. The number of nitrogens with one attached hydrogen (secondary N) is 1. The van der Waals surface area contributed by atoms with Crippen LogP contribution in [0, 0.1) is 6.92 Å². The van der Waals surface area contributed by atoms with E-state index in [9.17, 15) is 0 Å². The lowest BCUT2D eigenvalue weighted by molar-refractivity contribution is 0.608. The van der Waals surface area contributed by atoms with Crippen LogP contribution in [-0.4, -0.2) is 16.0 Å². The highest BCUT2D eigenvalue weighted by Gasteiger charge is 2.18. The minimum Gasteiger partial charge on any atom is -0.367 e. The summed E-state index contributed by atoms with van der Waals surface area (Å²) in [5.41, 5.74) is 3.79. The van der Waals surface area contributed by atoms with Crippen LogP contribution in [0.1, 0.15) is 23.2 Å². The quantitative estimate of drug-likeness (QED) is 0.852. The molecule has 1 unspecified atom stereocenters. The minimum atomic E-state index is 0.304. The third-order valence-electron chi connectivity index (χ3n) is 3.53. The van der Waals surface area contributed by atoms with Crippen LogP contribution in [-0.2, 0) is 12.8 Å². The van der Waals surface area contributed by atoms with Gasteiger partial charge in [-0.2, -0.15) is 0 Å². The highest BCUT2D eigenvalue weighted by molar-refractivity contribution is 6.28. The lowest BCUT2D eigenvalue weighted by atomic mass is 9.88. The van der Waals surface area contributed by atoms with Gasteiger partial charge in [-0.1, -0.05) is 24.3 Å². The topological polar surface area (TPSA) is 37.8 Å². The Morgan fingerprint density at radius 1 is 1.21 bits per heavy atom. The van der Waals surface area contributed by atoms with Crippen molar-refractivity contribution in [3.05, 3.63) is 52.4 Å². The van der Waals surface area contributed by atoms with Crippen molar-refractivity contribution < 1.29 is 0 Å². The van der Waals surface area contributed by atoms with Crippen molar-refractivity contribution in [1.82, 2.24) is 9.97 Å². The average molecular weight is 274 g/mol. The number of anilines is 1. The third kappa shape index (κ3) is 2.87. The molecule has 0 fully saturated rings. The molecule has 0 spiro atoms. The molecule has 1 aromatic heterocycles. The maximum absolute atomic E-state index is 5.89. The molecule has 19 heavy (non-hydrogen) atoms. The van der Waals surface area contributed by atoms with Gasteiger partial charge in [0.25, 0.3) is 0 Å². The normalized spacial score (nSPS) is 17.9. The van der Waals surface area contributed by atoms with Crippen LogP contribution in [0.5, 0.6) is 0 Å². The fraction of sp³-hybridized carbons (Fsp3) is 0.333. The van der Waals surface area contributed by atoms with Crippen LogP contribution in [0.2, 0.25) is 5.28 Å². The van der Waals surface area contributed by atoms with E-state index >= 15 is 0 Å². The molecule has 1 heterocycles. The number of aryl methyl sites for hydroxylation is 2. The van der Waals surface area contributed by atoms with E-state index in [1.54, 1.807) is 0 Å². The predicted octanol–water partition coefficient (Wildman–Crippen LogP) is 3.41. The number of hydrogen-bond acceptors (Lipinski definition) is 3. The molecule has 0 saturated heterocycles. The van der Waals surface area contributed by atoms with Gasteiger partial charge in [0, 0.05) is 17.8 Å². The van der Waals surface area contributed by atoms with E-state index in [0.717, 1.165) is 30.8 Å². The fourth-order valence-corrected chi connectivity index (χ4v) is 2.86. The third-order valence-corrected chi connectivity index (χ3v) is 3.69. The van der Waals surface area contributed by atoms with Gasteiger partial charge in [0.05, 0.1) is 0 Å². The summed E-state index contributed by atoms with van der Waals surface area (Å²) in [5.74, 6) is 0.821. The zero-order chi connectivity index (χ0) is 13.2. The molecule has 1 aliphatic rings. The Kier molecular flexibility index (Phi) is 3.38. The average Bonchev–Trinajstić information content (AvgIpc) is 2.37. The van der Waals surface area contributed by atoms with Crippen LogP contribution >= 0.6 is 11.6 Å². The van der Waals surface area contributed by atoms with Gasteiger partial charge in [0.15, 0.2) is 0 Å². The van der Waals surface area contributed by atoms with E-state index in [1.165, 1.54) is 11.1 Å². The van der Waals surface area contributed by atoms with Crippen molar-refractivity contribution in [3.8, 4) is 0 Å². The summed E-state index contributed by atoms with van der Waals surface area (Å²) in [6.45, 7) is 1.93. The van der Waals surface area contributed by atoms with Gasteiger partial charge in [-0.3, -0.25) is 0 Å². The van der Waals surface area contributed by atoms with Crippen LogP contribution in [0.4, 0.5) is 5.82 Å². The molecule has 0 saturated carbocycles. The summed E-state index contributed by atoms with van der Waals surface area (Å²) < 4.78 is 0. The summed E-state index contributed by atoms with van der Waals surface area (Å²) >= 11 is 5.89. The van der Waals surface area contributed by atoms with Crippen LogP contribution in [0.15, 0.2) is 30.3 Å². The van der Waals surface area contributed by atoms with Crippen LogP contribution in [0.25, 0.3) is 0 Å². The summed E-state index contributed by atoms with van der Waals surface area (Å²) in [7, 11) is 0. The van der Waals surface area contributed by atoms with Crippen LogP contribution < -0.4 is 5.32 Å². The number of aromatic nitrogens is 2. The molecule has 98 valence electrons.